The molecular formula is C18H18O3. The predicted octanol–water partition coefficient (Wildman–Crippen LogP) is 4.09. The summed E-state index contributed by atoms with van der Waals surface area (Å²) in [7, 11) is 1.52. The Morgan fingerprint density at radius 3 is 2.43 bits per heavy atom. The molecule has 0 aromatic heterocycles. The van der Waals surface area contributed by atoms with Gasteiger partial charge in [0.2, 0.25) is 0 Å². The van der Waals surface area contributed by atoms with Crippen LogP contribution in [-0.2, 0) is 0 Å². The van der Waals surface area contributed by atoms with Gasteiger partial charge in [-0.2, -0.15) is 0 Å². The van der Waals surface area contributed by atoms with E-state index in [9.17, 15) is 10.2 Å². The molecule has 108 valence electrons. The van der Waals surface area contributed by atoms with E-state index in [1.807, 2.05) is 36.4 Å². The summed E-state index contributed by atoms with van der Waals surface area (Å²) in [5.41, 5.74) is 1.97. The third-order valence-corrected chi connectivity index (χ3v) is 3.23. The van der Waals surface area contributed by atoms with Gasteiger partial charge in [0.1, 0.15) is 5.75 Å². The maximum atomic E-state index is 9.63. The smallest absolute Gasteiger partial charge is 0.160 e. The second-order valence-electron chi connectivity index (χ2n) is 4.64. The van der Waals surface area contributed by atoms with Gasteiger partial charge in [-0.3, -0.25) is 0 Å². The van der Waals surface area contributed by atoms with Gasteiger partial charge in [-0.05, 0) is 35.4 Å². The van der Waals surface area contributed by atoms with Crippen molar-refractivity contribution in [1.29, 1.82) is 0 Å². The number of aromatic hydroxyl groups is 2. The van der Waals surface area contributed by atoms with Crippen molar-refractivity contribution in [3.05, 3.63) is 72.3 Å². The maximum Gasteiger partial charge on any atom is 0.160 e. The summed E-state index contributed by atoms with van der Waals surface area (Å²) >= 11 is 0. The van der Waals surface area contributed by atoms with Gasteiger partial charge >= 0.3 is 0 Å². The number of methoxy groups -OCH3 is 1. The highest BCUT2D eigenvalue weighted by atomic mass is 16.5. The molecule has 0 aliphatic carbocycles. The Morgan fingerprint density at radius 2 is 1.81 bits per heavy atom. The van der Waals surface area contributed by atoms with Crippen LogP contribution in [0, 0.1) is 0 Å². The van der Waals surface area contributed by atoms with E-state index in [0.717, 1.165) is 11.1 Å². The van der Waals surface area contributed by atoms with Crippen molar-refractivity contribution in [2.75, 3.05) is 7.11 Å². The molecule has 0 aliphatic rings. The minimum Gasteiger partial charge on any atom is -0.508 e. The molecule has 2 aromatic carbocycles. The summed E-state index contributed by atoms with van der Waals surface area (Å²) in [5, 5.41) is 18.9. The Balaban J connectivity index is 2.23. The lowest BCUT2D eigenvalue weighted by molar-refractivity contribution is 0.373. The fraction of sp³-hybridized carbons (Fsp3) is 0.111. The van der Waals surface area contributed by atoms with E-state index < -0.39 is 0 Å². The molecule has 0 amide bonds. The number of rotatable bonds is 5. The molecule has 0 spiro atoms. The van der Waals surface area contributed by atoms with Crippen LogP contribution in [0.5, 0.6) is 17.2 Å². The average molecular weight is 282 g/mol. The Labute approximate surface area is 124 Å². The largest absolute Gasteiger partial charge is 0.508 e. The highest BCUT2D eigenvalue weighted by molar-refractivity contribution is 5.53. The van der Waals surface area contributed by atoms with E-state index in [4.69, 9.17) is 4.74 Å². The Kier molecular flexibility index (Phi) is 4.67. The Hall–Kier alpha value is -2.68. The molecule has 0 fully saturated rings. The lowest BCUT2D eigenvalue weighted by atomic mass is 9.97. The molecule has 2 aromatic rings. The zero-order valence-corrected chi connectivity index (χ0v) is 11.9. The topological polar surface area (TPSA) is 49.7 Å². The van der Waals surface area contributed by atoms with Crippen LogP contribution in [0.1, 0.15) is 17.0 Å². The van der Waals surface area contributed by atoms with Crippen LogP contribution in [0.3, 0.4) is 0 Å². The quantitative estimate of drug-likeness (QED) is 0.812. The van der Waals surface area contributed by atoms with Gasteiger partial charge in [0.15, 0.2) is 11.5 Å². The fourth-order valence-corrected chi connectivity index (χ4v) is 2.03. The van der Waals surface area contributed by atoms with E-state index >= 15 is 0 Å². The SMILES string of the molecule is C=C[C@@H](C=Cc1ccc(O)cc1)c1ccc(O)c(OC)c1. The maximum absolute atomic E-state index is 9.63. The first-order valence-corrected chi connectivity index (χ1v) is 6.60. The van der Waals surface area contributed by atoms with Gasteiger partial charge in [0.05, 0.1) is 7.11 Å². The predicted molar refractivity (Wildman–Crippen MR) is 84.7 cm³/mol. The van der Waals surface area contributed by atoms with Crippen LogP contribution in [0.4, 0.5) is 0 Å². The van der Waals surface area contributed by atoms with Crippen molar-refractivity contribution >= 4 is 6.08 Å². The molecular weight excluding hydrogens is 264 g/mol. The minimum atomic E-state index is 0.00769. The van der Waals surface area contributed by atoms with Gasteiger partial charge in [0.25, 0.3) is 0 Å². The highest BCUT2D eigenvalue weighted by Gasteiger charge is 2.08. The summed E-state index contributed by atoms with van der Waals surface area (Å²) in [6.45, 7) is 3.85. The van der Waals surface area contributed by atoms with Crippen molar-refractivity contribution in [2.24, 2.45) is 0 Å². The van der Waals surface area contributed by atoms with E-state index in [0.29, 0.717) is 5.75 Å². The molecule has 0 radical (unpaired) electrons. The van der Waals surface area contributed by atoms with Crippen LogP contribution < -0.4 is 4.74 Å². The monoisotopic (exact) mass is 282 g/mol. The summed E-state index contributed by atoms with van der Waals surface area (Å²) in [5.74, 6) is 0.813. The van der Waals surface area contributed by atoms with E-state index in [1.54, 1.807) is 24.3 Å². The highest BCUT2D eigenvalue weighted by Crippen LogP contribution is 2.30. The normalized spacial score (nSPS) is 12.2. The van der Waals surface area contributed by atoms with Gasteiger partial charge in [0, 0.05) is 5.92 Å². The molecule has 0 heterocycles. The second kappa shape index (κ2) is 6.66. The van der Waals surface area contributed by atoms with Crippen molar-refractivity contribution in [1.82, 2.24) is 0 Å². The third kappa shape index (κ3) is 3.66. The molecule has 3 heteroatoms. The van der Waals surface area contributed by atoms with E-state index in [-0.39, 0.29) is 17.4 Å². The first kappa shape index (κ1) is 14.7. The van der Waals surface area contributed by atoms with Crippen LogP contribution in [0.25, 0.3) is 6.08 Å². The van der Waals surface area contributed by atoms with E-state index in [1.165, 1.54) is 7.11 Å². The molecule has 0 saturated carbocycles. The number of ether oxygens (including phenoxy) is 1. The van der Waals surface area contributed by atoms with Crippen molar-refractivity contribution < 1.29 is 14.9 Å². The number of allylic oxidation sites excluding steroid dienone is 2. The molecule has 2 N–H and O–H groups in total. The lowest BCUT2D eigenvalue weighted by Gasteiger charge is -2.11. The van der Waals surface area contributed by atoms with Crippen molar-refractivity contribution in [2.45, 2.75) is 5.92 Å². The fourth-order valence-electron chi connectivity index (χ4n) is 2.03. The summed E-state index contributed by atoms with van der Waals surface area (Å²) in [6.07, 6.45) is 5.79. The Bertz CT molecular complexity index is 642. The van der Waals surface area contributed by atoms with Crippen LogP contribution in [0.15, 0.2) is 61.2 Å². The lowest BCUT2D eigenvalue weighted by Crippen LogP contribution is -1.92. The van der Waals surface area contributed by atoms with Crippen molar-refractivity contribution in [3.8, 4) is 17.2 Å². The number of benzene rings is 2. The van der Waals surface area contributed by atoms with Gasteiger partial charge in [-0.25, -0.2) is 0 Å². The second-order valence-corrected chi connectivity index (χ2v) is 4.64. The molecule has 0 unspecified atom stereocenters. The first-order valence-electron chi connectivity index (χ1n) is 6.60. The molecule has 0 saturated heterocycles. The molecule has 0 bridgehead atoms. The summed E-state index contributed by atoms with van der Waals surface area (Å²) < 4.78 is 5.12. The molecule has 1 atom stereocenters. The van der Waals surface area contributed by atoms with Crippen LogP contribution in [-0.4, -0.2) is 17.3 Å². The van der Waals surface area contributed by atoms with Crippen LogP contribution in [0.2, 0.25) is 0 Å². The standard InChI is InChI=1S/C18H18O3/c1-3-14(7-4-13-5-9-16(19)10-6-13)15-8-11-17(20)18(12-15)21-2/h3-12,14,19-20H,1H2,2H3/t14-/m0/s1. The Morgan fingerprint density at radius 1 is 1.10 bits per heavy atom. The number of hydrogen-bond acceptors (Lipinski definition) is 3. The third-order valence-electron chi connectivity index (χ3n) is 3.23. The zero-order valence-electron chi connectivity index (χ0n) is 11.9. The first-order chi connectivity index (χ1) is 10.1. The van der Waals surface area contributed by atoms with Crippen molar-refractivity contribution in [3.63, 3.8) is 0 Å². The number of phenolic OH excluding ortho intramolecular Hbond substituents is 2. The van der Waals surface area contributed by atoms with Gasteiger partial charge in [-0.15, -0.1) is 6.58 Å². The molecule has 2 rings (SSSR count). The number of hydrogen-bond donors (Lipinski definition) is 2. The summed E-state index contributed by atoms with van der Waals surface area (Å²) in [4.78, 5) is 0. The van der Waals surface area contributed by atoms with Gasteiger partial charge in [-0.1, -0.05) is 36.4 Å². The molecule has 3 nitrogen and oxygen atoms in total. The van der Waals surface area contributed by atoms with E-state index in [2.05, 4.69) is 6.58 Å². The minimum absolute atomic E-state index is 0.00769. The average Bonchev–Trinajstić information content (AvgIpc) is 2.51. The van der Waals surface area contributed by atoms with Crippen LogP contribution >= 0.6 is 0 Å². The zero-order chi connectivity index (χ0) is 15.2. The summed E-state index contributed by atoms with van der Waals surface area (Å²) in [6, 6.07) is 12.2. The molecule has 21 heavy (non-hydrogen) atoms. The number of phenols is 2. The van der Waals surface area contributed by atoms with Gasteiger partial charge < -0.3 is 14.9 Å². The molecule has 0 aliphatic heterocycles.